The van der Waals surface area contributed by atoms with Gasteiger partial charge in [-0.2, -0.15) is 0 Å². The number of alkyl carbamates (subject to hydrolysis) is 1. The molecule has 13 nitrogen and oxygen atoms in total. The Hall–Kier alpha value is -3.65. The summed E-state index contributed by atoms with van der Waals surface area (Å²) in [5.41, 5.74) is 0.342. The third-order valence-electron chi connectivity index (χ3n) is 9.09. The maximum absolute atomic E-state index is 13.8. The molecule has 0 aromatic heterocycles. The van der Waals surface area contributed by atoms with Crippen LogP contribution in [0, 0.1) is 5.92 Å². The van der Waals surface area contributed by atoms with Gasteiger partial charge in [0, 0.05) is 40.5 Å². The molecule has 258 valence electrons. The van der Waals surface area contributed by atoms with Crippen LogP contribution in [-0.4, -0.2) is 104 Å². The predicted molar refractivity (Wildman–Crippen MR) is 172 cm³/mol. The molecule has 8 atom stereocenters. The van der Waals surface area contributed by atoms with Crippen LogP contribution in [0.1, 0.15) is 46.1 Å². The molecule has 1 aromatic rings. The summed E-state index contributed by atoms with van der Waals surface area (Å²) >= 11 is 6.68. The maximum Gasteiger partial charge on any atom is 0.409 e. The van der Waals surface area contributed by atoms with Crippen molar-refractivity contribution in [2.75, 3.05) is 33.2 Å². The number of hydrogen-bond donors (Lipinski definition) is 2. The zero-order valence-electron chi connectivity index (χ0n) is 27.9. The number of esters is 1. The second-order valence-electron chi connectivity index (χ2n) is 12.4. The van der Waals surface area contributed by atoms with E-state index in [0.717, 1.165) is 11.1 Å². The quantitative estimate of drug-likeness (QED) is 0.351. The number of nitrogens with zero attached hydrogens (tertiary/aromatic N) is 2. The Bertz CT molecular complexity index is 1450. The molecule has 0 saturated carbocycles. The van der Waals surface area contributed by atoms with Gasteiger partial charge in [-0.15, -0.1) is 0 Å². The topological polar surface area (TPSA) is 156 Å². The minimum atomic E-state index is -1.80. The molecule has 0 aliphatic carbocycles. The maximum atomic E-state index is 13.8. The second-order valence-corrected chi connectivity index (χ2v) is 12.8. The lowest BCUT2D eigenvalue weighted by molar-refractivity contribution is -0.159. The fourth-order valence-corrected chi connectivity index (χ4v) is 6.22. The first kappa shape index (κ1) is 36.2. The van der Waals surface area contributed by atoms with Crippen LogP contribution in [0.4, 0.5) is 10.5 Å². The van der Waals surface area contributed by atoms with Gasteiger partial charge in [0.25, 0.3) is 0 Å². The Morgan fingerprint density at radius 2 is 1.94 bits per heavy atom. The molecule has 2 saturated heterocycles. The molecular weight excluding hydrogens is 634 g/mol. The van der Waals surface area contributed by atoms with Gasteiger partial charge in [-0.1, -0.05) is 42.3 Å². The summed E-state index contributed by atoms with van der Waals surface area (Å²) in [7, 11) is 5.96. The number of anilines is 1. The Kier molecular flexibility index (Phi) is 11.3. The number of benzene rings is 1. The minimum Gasteiger partial charge on any atom is -0.495 e. The largest absolute Gasteiger partial charge is 0.495 e. The highest BCUT2D eigenvalue weighted by atomic mass is 35.5. The number of nitrogens with one attached hydrogen (secondary N) is 1. The van der Waals surface area contributed by atoms with Gasteiger partial charge in [0.05, 0.1) is 25.3 Å². The first-order chi connectivity index (χ1) is 22.1. The van der Waals surface area contributed by atoms with E-state index < -0.39 is 66.2 Å². The number of hydrogen-bond acceptors (Lipinski definition) is 10. The van der Waals surface area contributed by atoms with Crippen LogP contribution in [0.3, 0.4) is 0 Å². The van der Waals surface area contributed by atoms with Gasteiger partial charge in [0.2, 0.25) is 11.8 Å². The van der Waals surface area contributed by atoms with E-state index in [2.05, 4.69) is 5.32 Å². The number of allylic oxidation sites excluding steroid dienone is 3. The number of rotatable bonds is 5. The molecule has 0 radical (unpaired) electrons. The lowest BCUT2D eigenvalue weighted by atomic mass is 9.87. The average Bonchev–Trinajstić information content (AvgIpc) is 3.82. The van der Waals surface area contributed by atoms with E-state index in [9.17, 15) is 24.3 Å². The van der Waals surface area contributed by atoms with Crippen LogP contribution in [0.25, 0.3) is 0 Å². The molecule has 3 amide bonds. The van der Waals surface area contributed by atoms with Crippen LogP contribution in [0.2, 0.25) is 5.02 Å². The number of aliphatic hydroxyl groups is 1. The molecule has 47 heavy (non-hydrogen) atoms. The van der Waals surface area contributed by atoms with Gasteiger partial charge in [0.1, 0.15) is 41.2 Å². The highest BCUT2D eigenvalue weighted by Crippen LogP contribution is 2.41. The van der Waals surface area contributed by atoms with Gasteiger partial charge in [-0.25, -0.2) is 9.59 Å². The molecule has 14 heteroatoms. The van der Waals surface area contributed by atoms with Crippen LogP contribution in [0.15, 0.2) is 35.9 Å². The fourth-order valence-electron chi connectivity index (χ4n) is 5.91. The molecule has 3 aliphatic rings. The Labute approximate surface area is 279 Å². The van der Waals surface area contributed by atoms with Crippen LogP contribution < -0.4 is 15.0 Å². The van der Waals surface area contributed by atoms with E-state index in [1.807, 2.05) is 13.0 Å². The smallest absolute Gasteiger partial charge is 0.409 e. The van der Waals surface area contributed by atoms with Crippen LogP contribution in [-0.2, 0) is 39.8 Å². The fraction of sp³-hybridized carbons (Fsp3) is 0.576. The minimum absolute atomic E-state index is 0.0330. The van der Waals surface area contributed by atoms with E-state index in [4.69, 9.17) is 35.3 Å². The Morgan fingerprint density at radius 3 is 2.57 bits per heavy atom. The molecule has 0 spiro atoms. The highest BCUT2D eigenvalue weighted by molar-refractivity contribution is 6.35. The number of methoxy groups -OCH3 is 2. The number of carbonyl (C=O) groups is 4. The van der Waals surface area contributed by atoms with E-state index >= 15 is 0 Å². The summed E-state index contributed by atoms with van der Waals surface area (Å²) in [6.07, 6.45) is 0.448. The van der Waals surface area contributed by atoms with E-state index in [0.29, 0.717) is 17.9 Å². The summed E-state index contributed by atoms with van der Waals surface area (Å²) in [5.74, 6) is -1.58. The molecule has 1 aromatic carbocycles. The second kappa shape index (κ2) is 14.6. The molecule has 4 bridgehead atoms. The molecule has 5 unspecified atom stereocenters. The standard InChI is InChI=1S/C33H44ClN3O10/c1-17-10-9-11-26(44-8)33(42)16-25(46-32(41)35-33)18(2)29-30(47-29)24(45-31(40)19(3)36(5)20(4)38)15-27(39)37(6)22-13-21(12-17)14-23(43-7)28(22)34/h9-11,13-14,18-19,24-26,29-30,42H,12,15-16H2,1-8H3,(H,35,41)/b11-9+,17-10+/t18-,19?,24+,25?,26-,29?,30?,33?/m1/s1. The number of ether oxygens (including phenoxy) is 5. The number of fused-ring (bicyclic) bond motifs is 5. The number of epoxide rings is 1. The zero-order chi connectivity index (χ0) is 34.8. The summed E-state index contributed by atoms with van der Waals surface area (Å²) in [6.45, 7) is 6.57. The molecular formula is C33H44ClN3O10. The predicted octanol–water partition coefficient (Wildman–Crippen LogP) is 3.14. The normalized spacial score (nSPS) is 32.0. The third-order valence-corrected chi connectivity index (χ3v) is 9.47. The summed E-state index contributed by atoms with van der Waals surface area (Å²) in [5, 5.41) is 14.3. The third kappa shape index (κ3) is 8.08. The van der Waals surface area contributed by atoms with Gasteiger partial charge >= 0.3 is 12.1 Å². The van der Waals surface area contributed by atoms with Crippen molar-refractivity contribution in [3.05, 3.63) is 46.5 Å². The number of halogens is 1. The molecule has 4 rings (SSSR count). The van der Waals surface area contributed by atoms with Crippen molar-refractivity contribution in [2.45, 2.75) is 89.2 Å². The van der Waals surface area contributed by atoms with Crippen molar-refractivity contribution in [2.24, 2.45) is 5.92 Å². The van der Waals surface area contributed by atoms with Crippen molar-refractivity contribution in [3.63, 3.8) is 0 Å². The lowest BCUT2D eigenvalue weighted by Crippen LogP contribution is -2.63. The van der Waals surface area contributed by atoms with Crippen LogP contribution >= 0.6 is 11.6 Å². The van der Waals surface area contributed by atoms with Gasteiger partial charge < -0.3 is 38.6 Å². The molecule has 3 aliphatic heterocycles. The van der Waals surface area contributed by atoms with Crippen LogP contribution in [0.5, 0.6) is 5.75 Å². The zero-order valence-corrected chi connectivity index (χ0v) is 28.7. The number of amides is 3. The Morgan fingerprint density at radius 1 is 1.23 bits per heavy atom. The summed E-state index contributed by atoms with van der Waals surface area (Å²) in [4.78, 5) is 54.3. The van der Waals surface area contributed by atoms with Crippen molar-refractivity contribution in [3.8, 4) is 5.75 Å². The van der Waals surface area contributed by atoms with Gasteiger partial charge in [0.15, 0.2) is 5.72 Å². The average molecular weight is 678 g/mol. The molecule has 3 heterocycles. The highest BCUT2D eigenvalue weighted by Gasteiger charge is 2.56. The van der Waals surface area contributed by atoms with Crippen molar-refractivity contribution in [1.82, 2.24) is 10.2 Å². The number of carbonyl (C=O) groups excluding carboxylic acids is 4. The van der Waals surface area contributed by atoms with E-state index in [1.54, 1.807) is 38.3 Å². The van der Waals surface area contributed by atoms with E-state index in [-0.39, 0.29) is 23.8 Å². The van der Waals surface area contributed by atoms with Crippen molar-refractivity contribution >= 4 is 41.2 Å². The summed E-state index contributed by atoms with van der Waals surface area (Å²) in [6, 6.07) is 2.64. The monoisotopic (exact) mass is 677 g/mol. The SMILES string of the molecule is COc1cc2cc(c1Cl)N(C)C(=O)C[C@H](OC(=O)C(C)N(C)C(C)=O)C1OC1[C@H](C)C1CC(O)(NC(=O)O1)[C@H](OC)/C=C/C=C(\C)C2. The van der Waals surface area contributed by atoms with Gasteiger partial charge in [-0.05, 0) is 38.0 Å². The lowest BCUT2D eigenvalue weighted by Gasteiger charge is -2.41. The first-order valence-electron chi connectivity index (χ1n) is 15.4. The van der Waals surface area contributed by atoms with Gasteiger partial charge in [-0.3, -0.25) is 14.9 Å². The molecule has 2 N–H and O–H groups in total. The molecule has 2 fully saturated rings. The van der Waals surface area contributed by atoms with Crippen molar-refractivity contribution < 1.29 is 48.0 Å². The summed E-state index contributed by atoms with van der Waals surface area (Å²) < 4.78 is 28.5. The van der Waals surface area contributed by atoms with E-state index in [1.165, 1.54) is 44.9 Å². The van der Waals surface area contributed by atoms with Crippen molar-refractivity contribution in [1.29, 1.82) is 0 Å². The Balaban J connectivity index is 1.76. The first-order valence-corrected chi connectivity index (χ1v) is 15.8. The number of likely N-dealkylation sites (N-methyl/N-ethyl adjacent to an activating group) is 1.